The molecule has 4 rings (SSSR count). The average Bonchev–Trinajstić information content (AvgIpc) is 3.10. The van der Waals surface area contributed by atoms with E-state index in [-0.39, 0.29) is 5.91 Å². The standard InChI is InChI=1S/C18H23N5O2S/c1-13-16(26-18(21-13)23-8-10-25-11-9-23)17(24)22-6-3-14(4-7-22)15-2-5-19-12-20-15/h2,5,12,14H,3-4,6-11H2,1H3. The number of ether oxygens (including phenoxy) is 1. The fourth-order valence-corrected chi connectivity index (χ4v) is 4.62. The van der Waals surface area contributed by atoms with Crippen LogP contribution in [0.4, 0.5) is 5.13 Å². The lowest BCUT2D eigenvalue weighted by Gasteiger charge is -2.31. The first-order valence-electron chi connectivity index (χ1n) is 9.07. The van der Waals surface area contributed by atoms with Gasteiger partial charge in [0, 0.05) is 44.0 Å². The number of piperidine rings is 1. The molecule has 26 heavy (non-hydrogen) atoms. The molecule has 2 fully saturated rings. The van der Waals surface area contributed by atoms with Crippen LogP contribution in [0.25, 0.3) is 0 Å². The number of carbonyl (C=O) groups excluding carboxylic acids is 1. The lowest BCUT2D eigenvalue weighted by molar-refractivity contribution is 0.0716. The molecular formula is C18H23N5O2S. The second-order valence-electron chi connectivity index (χ2n) is 6.71. The number of hydrogen-bond donors (Lipinski definition) is 0. The molecule has 8 heteroatoms. The van der Waals surface area contributed by atoms with Crippen LogP contribution < -0.4 is 4.90 Å². The molecule has 0 atom stereocenters. The zero-order chi connectivity index (χ0) is 17.9. The highest BCUT2D eigenvalue weighted by atomic mass is 32.1. The Labute approximate surface area is 157 Å². The van der Waals surface area contributed by atoms with Crippen LogP contribution in [-0.4, -0.2) is 65.2 Å². The van der Waals surface area contributed by atoms with Crippen molar-refractivity contribution in [2.24, 2.45) is 0 Å². The highest BCUT2D eigenvalue weighted by Crippen LogP contribution is 2.31. The summed E-state index contributed by atoms with van der Waals surface area (Å²) in [6, 6.07) is 1.98. The summed E-state index contributed by atoms with van der Waals surface area (Å²) in [5, 5.41) is 0.935. The van der Waals surface area contributed by atoms with Gasteiger partial charge in [0.2, 0.25) is 0 Å². The first-order chi connectivity index (χ1) is 12.7. The van der Waals surface area contributed by atoms with Crippen LogP contribution in [0.15, 0.2) is 18.6 Å². The van der Waals surface area contributed by atoms with E-state index in [1.54, 1.807) is 12.5 Å². The van der Waals surface area contributed by atoms with Crippen molar-refractivity contribution in [3.05, 3.63) is 34.9 Å². The monoisotopic (exact) mass is 373 g/mol. The number of nitrogens with zero attached hydrogens (tertiary/aromatic N) is 5. The fourth-order valence-electron chi connectivity index (χ4n) is 3.53. The van der Waals surface area contributed by atoms with Crippen molar-refractivity contribution in [2.75, 3.05) is 44.3 Å². The third-order valence-corrected chi connectivity index (χ3v) is 6.27. The van der Waals surface area contributed by atoms with Gasteiger partial charge in [0.05, 0.1) is 18.9 Å². The number of aromatic nitrogens is 3. The molecule has 0 unspecified atom stereocenters. The molecule has 2 aromatic heterocycles. The highest BCUT2D eigenvalue weighted by Gasteiger charge is 2.28. The van der Waals surface area contributed by atoms with Crippen molar-refractivity contribution in [1.82, 2.24) is 19.9 Å². The lowest BCUT2D eigenvalue weighted by Crippen LogP contribution is -2.38. The minimum absolute atomic E-state index is 0.112. The highest BCUT2D eigenvalue weighted by molar-refractivity contribution is 7.17. The zero-order valence-electron chi connectivity index (χ0n) is 14.9. The Balaban J connectivity index is 1.41. The normalized spacial score (nSPS) is 19.0. The molecule has 2 saturated heterocycles. The van der Waals surface area contributed by atoms with Crippen molar-refractivity contribution < 1.29 is 9.53 Å². The number of rotatable bonds is 3. The molecule has 0 aromatic carbocycles. The van der Waals surface area contributed by atoms with Crippen molar-refractivity contribution in [3.8, 4) is 0 Å². The van der Waals surface area contributed by atoms with Gasteiger partial charge in [0.15, 0.2) is 5.13 Å². The molecule has 4 heterocycles. The third-order valence-electron chi connectivity index (χ3n) is 5.07. The molecule has 0 aliphatic carbocycles. The summed E-state index contributed by atoms with van der Waals surface area (Å²) >= 11 is 1.51. The molecular weight excluding hydrogens is 350 g/mol. The fraction of sp³-hybridized carbons (Fsp3) is 0.556. The minimum Gasteiger partial charge on any atom is -0.378 e. The maximum atomic E-state index is 13.0. The van der Waals surface area contributed by atoms with Crippen molar-refractivity contribution >= 4 is 22.4 Å². The van der Waals surface area contributed by atoms with Crippen LogP contribution in [0, 0.1) is 6.92 Å². The Hall–Kier alpha value is -2.06. The Morgan fingerprint density at radius 3 is 2.69 bits per heavy atom. The molecule has 7 nitrogen and oxygen atoms in total. The molecule has 0 bridgehead atoms. The van der Waals surface area contributed by atoms with E-state index in [1.807, 2.05) is 17.9 Å². The summed E-state index contributed by atoms with van der Waals surface area (Å²) in [6.45, 7) is 6.57. The SMILES string of the molecule is Cc1nc(N2CCOCC2)sc1C(=O)N1CCC(c2ccncn2)CC1. The molecule has 2 aromatic rings. The third kappa shape index (κ3) is 3.57. The summed E-state index contributed by atoms with van der Waals surface area (Å²) in [5.74, 6) is 0.522. The number of carbonyl (C=O) groups is 1. The second-order valence-corrected chi connectivity index (χ2v) is 7.69. The number of thiazole rings is 1. The van der Waals surface area contributed by atoms with E-state index in [2.05, 4.69) is 19.9 Å². The van der Waals surface area contributed by atoms with Gasteiger partial charge in [0.1, 0.15) is 11.2 Å². The molecule has 2 aliphatic heterocycles. The van der Waals surface area contributed by atoms with Gasteiger partial charge in [0.25, 0.3) is 5.91 Å². The molecule has 138 valence electrons. The minimum atomic E-state index is 0.112. The van der Waals surface area contributed by atoms with Crippen LogP contribution in [0.5, 0.6) is 0 Å². The lowest BCUT2D eigenvalue weighted by atomic mass is 9.93. The first kappa shape index (κ1) is 17.4. The van der Waals surface area contributed by atoms with E-state index in [0.717, 1.165) is 73.6 Å². The summed E-state index contributed by atoms with van der Waals surface area (Å²) in [7, 11) is 0. The molecule has 2 aliphatic rings. The maximum absolute atomic E-state index is 13.0. The van der Waals surface area contributed by atoms with Crippen LogP contribution in [0.1, 0.15) is 39.8 Å². The topological polar surface area (TPSA) is 71.5 Å². The van der Waals surface area contributed by atoms with E-state index in [1.165, 1.54) is 11.3 Å². The summed E-state index contributed by atoms with van der Waals surface area (Å²) in [4.78, 5) is 30.9. The van der Waals surface area contributed by atoms with Crippen LogP contribution in [0.2, 0.25) is 0 Å². The Bertz CT molecular complexity index is 752. The van der Waals surface area contributed by atoms with Crippen molar-refractivity contribution in [2.45, 2.75) is 25.7 Å². The van der Waals surface area contributed by atoms with Gasteiger partial charge in [-0.2, -0.15) is 0 Å². The van der Waals surface area contributed by atoms with Crippen LogP contribution >= 0.6 is 11.3 Å². The van der Waals surface area contributed by atoms with E-state index in [0.29, 0.717) is 5.92 Å². The predicted octanol–water partition coefficient (Wildman–Crippen LogP) is 2.10. The number of morpholine rings is 1. The quantitative estimate of drug-likeness (QED) is 0.820. The van der Waals surface area contributed by atoms with E-state index < -0.39 is 0 Å². The molecule has 0 radical (unpaired) electrons. The predicted molar refractivity (Wildman–Crippen MR) is 99.8 cm³/mol. The van der Waals surface area contributed by atoms with Gasteiger partial charge in [-0.25, -0.2) is 15.0 Å². The smallest absolute Gasteiger partial charge is 0.265 e. The van der Waals surface area contributed by atoms with Gasteiger partial charge in [-0.3, -0.25) is 4.79 Å². The van der Waals surface area contributed by atoms with Gasteiger partial charge < -0.3 is 14.5 Å². The van der Waals surface area contributed by atoms with Crippen molar-refractivity contribution in [3.63, 3.8) is 0 Å². The summed E-state index contributed by atoms with van der Waals surface area (Å²) in [5.41, 5.74) is 1.91. The number of amides is 1. The number of anilines is 1. The van der Waals surface area contributed by atoms with Gasteiger partial charge >= 0.3 is 0 Å². The molecule has 1 amide bonds. The molecule has 0 saturated carbocycles. The van der Waals surface area contributed by atoms with E-state index >= 15 is 0 Å². The average molecular weight is 373 g/mol. The molecule has 0 N–H and O–H groups in total. The number of hydrogen-bond acceptors (Lipinski definition) is 7. The van der Waals surface area contributed by atoms with Gasteiger partial charge in [-0.15, -0.1) is 0 Å². The van der Waals surface area contributed by atoms with Crippen molar-refractivity contribution in [1.29, 1.82) is 0 Å². The largest absolute Gasteiger partial charge is 0.378 e. The maximum Gasteiger partial charge on any atom is 0.265 e. The Morgan fingerprint density at radius 1 is 1.23 bits per heavy atom. The Morgan fingerprint density at radius 2 is 2.00 bits per heavy atom. The van der Waals surface area contributed by atoms with Crippen LogP contribution in [0.3, 0.4) is 0 Å². The van der Waals surface area contributed by atoms with E-state index in [4.69, 9.17) is 4.74 Å². The number of aryl methyl sites for hydroxylation is 1. The van der Waals surface area contributed by atoms with Crippen LogP contribution in [-0.2, 0) is 4.74 Å². The Kier molecular flexibility index (Phi) is 5.12. The summed E-state index contributed by atoms with van der Waals surface area (Å²) in [6.07, 6.45) is 5.27. The second kappa shape index (κ2) is 7.67. The number of likely N-dealkylation sites (tertiary alicyclic amines) is 1. The summed E-state index contributed by atoms with van der Waals surface area (Å²) < 4.78 is 5.40. The van der Waals surface area contributed by atoms with E-state index in [9.17, 15) is 4.79 Å². The van der Waals surface area contributed by atoms with Gasteiger partial charge in [-0.1, -0.05) is 11.3 Å². The zero-order valence-corrected chi connectivity index (χ0v) is 15.7. The molecule has 0 spiro atoms. The van der Waals surface area contributed by atoms with Gasteiger partial charge in [-0.05, 0) is 25.8 Å². The first-order valence-corrected chi connectivity index (χ1v) is 9.89.